The van der Waals surface area contributed by atoms with Crippen LogP contribution in [0.25, 0.3) is 0 Å². The Kier molecular flexibility index (Phi) is 4.07. The second kappa shape index (κ2) is 5.86. The maximum absolute atomic E-state index is 12.4. The van der Waals surface area contributed by atoms with Crippen LogP contribution in [0.5, 0.6) is 0 Å². The Labute approximate surface area is 129 Å². The monoisotopic (exact) mass is 326 g/mol. The van der Waals surface area contributed by atoms with E-state index in [1.165, 1.54) is 4.31 Å². The molecule has 1 aromatic carbocycles. The first-order valence-corrected chi connectivity index (χ1v) is 8.66. The highest BCUT2D eigenvalue weighted by Crippen LogP contribution is 2.29. The van der Waals surface area contributed by atoms with Crippen LogP contribution in [0, 0.1) is 0 Å². The summed E-state index contributed by atoms with van der Waals surface area (Å²) in [4.78, 5) is 11.4. The number of nitrogens with zero attached hydrogens (tertiary/aromatic N) is 1. The Hall–Kier alpha value is -1.64. The summed E-state index contributed by atoms with van der Waals surface area (Å²) in [6.45, 7) is 1.22. The van der Waals surface area contributed by atoms with Gasteiger partial charge in [0.2, 0.25) is 0 Å². The number of hydrogen-bond acceptors (Lipinski definition) is 4. The van der Waals surface area contributed by atoms with Crippen LogP contribution < -0.4 is 4.72 Å². The highest BCUT2D eigenvalue weighted by molar-refractivity contribution is 7.90. The molecule has 0 aromatic heterocycles. The van der Waals surface area contributed by atoms with Crippen molar-refractivity contribution in [3.63, 3.8) is 0 Å². The van der Waals surface area contributed by atoms with Crippen LogP contribution in [-0.2, 0) is 27.8 Å². The quantitative estimate of drug-likeness (QED) is 0.855. The van der Waals surface area contributed by atoms with Crippen LogP contribution in [0.2, 0.25) is 0 Å². The molecule has 0 saturated carbocycles. The average Bonchev–Trinajstić information content (AvgIpc) is 2.94. The third kappa shape index (κ3) is 2.94. The minimum atomic E-state index is -3.77. The second-order valence-electron chi connectivity index (χ2n) is 5.44. The van der Waals surface area contributed by atoms with Crippen LogP contribution >= 0.6 is 0 Å². The van der Waals surface area contributed by atoms with Crippen LogP contribution in [-0.4, -0.2) is 50.1 Å². The van der Waals surface area contributed by atoms with E-state index in [0.29, 0.717) is 13.2 Å². The summed E-state index contributed by atoms with van der Waals surface area (Å²) in [5.74, 6) is -1.13. The van der Waals surface area contributed by atoms with E-state index in [-0.39, 0.29) is 24.3 Å². The molecule has 1 fully saturated rings. The van der Waals surface area contributed by atoms with Crippen LogP contribution in [0.15, 0.2) is 12.1 Å². The van der Waals surface area contributed by atoms with Gasteiger partial charge in [-0.05, 0) is 42.5 Å². The molecule has 22 heavy (non-hydrogen) atoms. The van der Waals surface area contributed by atoms with Crippen molar-refractivity contribution in [1.82, 2.24) is 4.31 Å². The zero-order valence-electron chi connectivity index (χ0n) is 12.0. The van der Waals surface area contributed by atoms with Gasteiger partial charge in [0.1, 0.15) is 0 Å². The van der Waals surface area contributed by atoms with E-state index in [1.807, 2.05) is 0 Å². The molecule has 7 nitrogen and oxygen atoms in total. The number of carbonyl (C=O) groups is 1. The summed E-state index contributed by atoms with van der Waals surface area (Å²) in [6.07, 6.45) is 2.65. The SMILES string of the molecule is O=C(O)c1cc2c(cc1NS(=O)(=O)N1CCOCC1)CCC2. The number of nitrogens with one attached hydrogen (secondary N) is 1. The van der Waals surface area contributed by atoms with Crippen molar-refractivity contribution in [2.45, 2.75) is 19.3 Å². The van der Waals surface area contributed by atoms with Gasteiger partial charge in [0.15, 0.2) is 0 Å². The summed E-state index contributed by atoms with van der Waals surface area (Å²) in [5, 5.41) is 9.34. The van der Waals surface area contributed by atoms with Gasteiger partial charge in [-0.15, -0.1) is 0 Å². The van der Waals surface area contributed by atoms with Gasteiger partial charge < -0.3 is 9.84 Å². The molecule has 1 aliphatic heterocycles. The topological polar surface area (TPSA) is 95.9 Å². The Balaban J connectivity index is 1.92. The zero-order chi connectivity index (χ0) is 15.7. The second-order valence-corrected chi connectivity index (χ2v) is 7.11. The van der Waals surface area contributed by atoms with Crippen LogP contribution in [0.4, 0.5) is 5.69 Å². The molecule has 0 bridgehead atoms. The molecule has 0 atom stereocenters. The summed E-state index contributed by atoms with van der Waals surface area (Å²) in [7, 11) is -3.77. The molecule has 1 aliphatic carbocycles. The largest absolute Gasteiger partial charge is 0.478 e. The van der Waals surface area contributed by atoms with Gasteiger partial charge in [-0.1, -0.05) is 0 Å². The lowest BCUT2D eigenvalue weighted by Gasteiger charge is -2.26. The van der Waals surface area contributed by atoms with E-state index in [0.717, 1.165) is 30.4 Å². The van der Waals surface area contributed by atoms with Crippen molar-refractivity contribution in [2.24, 2.45) is 0 Å². The van der Waals surface area contributed by atoms with Crippen molar-refractivity contribution in [1.29, 1.82) is 0 Å². The molecule has 0 radical (unpaired) electrons. The van der Waals surface area contributed by atoms with Crippen molar-refractivity contribution >= 4 is 21.9 Å². The number of carboxylic acids is 1. The molecule has 8 heteroatoms. The van der Waals surface area contributed by atoms with Crippen molar-refractivity contribution in [2.75, 3.05) is 31.0 Å². The van der Waals surface area contributed by atoms with E-state index >= 15 is 0 Å². The van der Waals surface area contributed by atoms with Gasteiger partial charge in [0, 0.05) is 13.1 Å². The molecule has 1 saturated heterocycles. The summed E-state index contributed by atoms with van der Waals surface area (Å²) >= 11 is 0. The zero-order valence-corrected chi connectivity index (χ0v) is 12.9. The number of fused-ring (bicyclic) bond motifs is 1. The maximum atomic E-state index is 12.4. The van der Waals surface area contributed by atoms with Gasteiger partial charge in [0.05, 0.1) is 24.5 Å². The van der Waals surface area contributed by atoms with E-state index < -0.39 is 16.2 Å². The van der Waals surface area contributed by atoms with Gasteiger partial charge >= 0.3 is 16.2 Å². The Morgan fingerprint density at radius 1 is 1.18 bits per heavy atom. The van der Waals surface area contributed by atoms with Gasteiger partial charge in [-0.2, -0.15) is 12.7 Å². The normalized spacial score (nSPS) is 18.9. The fourth-order valence-corrected chi connectivity index (χ4v) is 4.08. The fraction of sp³-hybridized carbons (Fsp3) is 0.500. The minimum Gasteiger partial charge on any atom is -0.478 e. The number of carboxylic acid groups (broad SMARTS) is 1. The molecule has 1 aromatic rings. The number of benzene rings is 1. The Morgan fingerprint density at radius 3 is 2.45 bits per heavy atom. The fourth-order valence-electron chi connectivity index (χ4n) is 2.88. The number of aromatic carboxylic acids is 1. The number of aryl methyl sites for hydroxylation is 2. The summed E-state index contributed by atoms with van der Waals surface area (Å²) in [6, 6.07) is 3.24. The number of hydrogen-bond donors (Lipinski definition) is 2. The number of rotatable bonds is 4. The van der Waals surface area contributed by atoms with Gasteiger partial charge in [-0.25, -0.2) is 4.79 Å². The molecule has 1 heterocycles. The summed E-state index contributed by atoms with van der Waals surface area (Å²) < 4.78 is 33.6. The van der Waals surface area contributed by atoms with Gasteiger partial charge in [-0.3, -0.25) is 4.72 Å². The van der Waals surface area contributed by atoms with Crippen molar-refractivity contribution in [3.05, 3.63) is 28.8 Å². The molecule has 2 aliphatic rings. The Morgan fingerprint density at radius 2 is 1.82 bits per heavy atom. The van der Waals surface area contributed by atoms with Crippen LogP contribution in [0.3, 0.4) is 0 Å². The molecule has 0 spiro atoms. The number of anilines is 1. The molecular formula is C14H18N2O5S. The van der Waals surface area contributed by atoms with Crippen molar-refractivity contribution < 1.29 is 23.1 Å². The predicted octanol–water partition coefficient (Wildman–Crippen LogP) is 0.862. The smallest absolute Gasteiger partial charge is 0.337 e. The van der Waals surface area contributed by atoms with Gasteiger partial charge in [0.25, 0.3) is 0 Å². The number of morpholine rings is 1. The Bertz CT molecular complexity index is 695. The van der Waals surface area contributed by atoms with E-state index in [1.54, 1.807) is 12.1 Å². The van der Waals surface area contributed by atoms with E-state index in [9.17, 15) is 18.3 Å². The van der Waals surface area contributed by atoms with E-state index in [2.05, 4.69) is 4.72 Å². The highest BCUT2D eigenvalue weighted by atomic mass is 32.2. The first kappa shape index (κ1) is 15.3. The third-order valence-corrected chi connectivity index (χ3v) is 5.53. The lowest BCUT2D eigenvalue weighted by atomic mass is 10.0. The van der Waals surface area contributed by atoms with E-state index in [4.69, 9.17) is 4.74 Å². The first-order chi connectivity index (χ1) is 10.5. The molecule has 120 valence electrons. The molecule has 0 unspecified atom stereocenters. The maximum Gasteiger partial charge on any atom is 0.337 e. The first-order valence-electron chi connectivity index (χ1n) is 7.22. The minimum absolute atomic E-state index is 0.00233. The highest BCUT2D eigenvalue weighted by Gasteiger charge is 2.27. The standard InChI is InChI=1S/C14H18N2O5S/c17-14(18)12-8-10-2-1-3-11(10)9-13(12)15-22(19,20)16-4-6-21-7-5-16/h8-9,15H,1-7H2,(H,17,18). The summed E-state index contributed by atoms with van der Waals surface area (Å²) in [5.41, 5.74) is 2.15. The van der Waals surface area contributed by atoms with Crippen LogP contribution in [0.1, 0.15) is 27.9 Å². The lowest BCUT2D eigenvalue weighted by Crippen LogP contribution is -2.43. The lowest BCUT2D eigenvalue weighted by molar-refractivity contribution is 0.0697. The number of ether oxygens (including phenoxy) is 1. The molecule has 0 amide bonds. The molecule has 2 N–H and O–H groups in total. The average molecular weight is 326 g/mol. The third-order valence-electron chi connectivity index (χ3n) is 4.01. The molecular weight excluding hydrogens is 308 g/mol. The predicted molar refractivity (Wildman–Crippen MR) is 80.4 cm³/mol. The molecule has 3 rings (SSSR count). The van der Waals surface area contributed by atoms with Crippen molar-refractivity contribution in [3.8, 4) is 0 Å².